The van der Waals surface area contributed by atoms with Crippen LogP contribution < -0.4 is 0 Å². The third kappa shape index (κ3) is 0.926. The topological polar surface area (TPSA) is 46.5 Å². The van der Waals surface area contributed by atoms with E-state index in [0.29, 0.717) is 17.8 Å². The molecule has 1 atom stereocenters. The highest BCUT2D eigenvalue weighted by Crippen LogP contribution is 2.22. The smallest absolute Gasteiger partial charge is 0.344 e. The maximum Gasteiger partial charge on any atom is 0.344 e. The molecule has 0 aromatic heterocycles. The van der Waals surface area contributed by atoms with Crippen LogP contribution in [-0.2, 0) is 9.53 Å². The van der Waals surface area contributed by atoms with Crippen LogP contribution in [0.5, 0.6) is 0 Å². The molecule has 3 nitrogen and oxygen atoms in total. The van der Waals surface area contributed by atoms with Crippen LogP contribution in [-0.4, -0.2) is 17.2 Å². The number of aliphatic hydroxyl groups is 1. The molecule has 0 saturated carbocycles. The number of ether oxygens (including phenoxy) is 1. The van der Waals surface area contributed by atoms with E-state index in [1.807, 2.05) is 6.92 Å². The Kier molecular flexibility index (Phi) is 1.76. The van der Waals surface area contributed by atoms with Crippen molar-refractivity contribution in [3.8, 4) is 0 Å². The predicted octanol–water partition coefficient (Wildman–Crippen LogP) is 0.588. The van der Waals surface area contributed by atoms with Gasteiger partial charge in [0, 0.05) is 12.0 Å². The minimum absolute atomic E-state index is 0.547. The van der Waals surface area contributed by atoms with E-state index in [2.05, 4.69) is 0 Å². The Morgan fingerprint density at radius 3 is 2.50 bits per heavy atom. The number of rotatable bonds is 1. The van der Waals surface area contributed by atoms with E-state index >= 15 is 0 Å². The zero-order valence-corrected chi connectivity index (χ0v) is 6.05. The summed E-state index contributed by atoms with van der Waals surface area (Å²) < 4.78 is 4.73. The van der Waals surface area contributed by atoms with Crippen molar-refractivity contribution in [2.45, 2.75) is 26.4 Å². The van der Waals surface area contributed by atoms with E-state index in [1.54, 1.807) is 6.92 Å². The summed E-state index contributed by atoms with van der Waals surface area (Å²) in [6.07, 6.45) is -0.357. The summed E-state index contributed by atoms with van der Waals surface area (Å²) >= 11 is 0. The minimum atomic E-state index is -1.02. The van der Waals surface area contributed by atoms with Gasteiger partial charge in [-0.25, -0.2) is 4.79 Å². The van der Waals surface area contributed by atoms with Gasteiger partial charge < -0.3 is 9.84 Å². The highest BCUT2D eigenvalue weighted by molar-refractivity contribution is 5.82. The summed E-state index contributed by atoms with van der Waals surface area (Å²) in [6, 6.07) is 0. The summed E-state index contributed by atoms with van der Waals surface area (Å²) in [5.41, 5.74) is 0.646. The average Bonchev–Trinajstić information content (AvgIpc) is 2.17. The lowest BCUT2D eigenvalue weighted by molar-refractivity contribution is -0.143. The van der Waals surface area contributed by atoms with Crippen molar-refractivity contribution in [2.75, 3.05) is 0 Å². The molecule has 0 spiro atoms. The molecule has 1 rings (SSSR count). The van der Waals surface area contributed by atoms with Gasteiger partial charge >= 0.3 is 5.97 Å². The van der Waals surface area contributed by atoms with Gasteiger partial charge in [-0.3, -0.25) is 0 Å². The van der Waals surface area contributed by atoms with Crippen LogP contribution in [0.2, 0.25) is 0 Å². The predicted molar refractivity (Wildman–Crippen MR) is 35.1 cm³/mol. The molecule has 56 valence electrons. The SMILES string of the molecule is CCC1=C(C)[C@@H](O)C(=O)O1. The molecule has 0 aromatic rings. The van der Waals surface area contributed by atoms with Gasteiger partial charge in [0.15, 0.2) is 6.10 Å². The van der Waals surface area contributed by atoms with E-state index in [9.17, 15) is 4.79 Å². The normalized spacial score (nSPS) is 25.5. The van der Waals surface area contributed by atoms with Gasteiger partial charge in [-0.1, -0.05) is 6.92 Å². The number of aliphatic hydroxyl groups excluding tert-OH is 1. The van der Waals surface area contributed by atoms with Gasteiger partial charge in [-0.2, -0.15) is 0 Å². The van der Waals surface area contributed by atoms with Crippen LogP contribution in [0.3, 0.4) is 0 Å². The van der Waals surface area contributed by atoms with Gasteiger partial charge in [-0.15, -0.1) is 0 Å². The van der Waals surface area contributed by atoms with Crippen molar-refractivity contribution >= 4 is 5.97 Å². The Bertz CT molecular complexity index is 193. The molecule has 0 amide bonds. The Labute approximate surface area is 59.3 Å². The fourth-order valence-electron chi connectivity index (χ4n) is 0.938. The number of esters is 1. The van der Waals surface area contributed by atoms with Gasteiger partial charge in [0.1, 0.15) is 5.76 Å². The molecule has 3 heteroatoms. The first-order valence-corrected chi connectivity index (χ1v) is 3.26. The summed E-state index contributed by atoms with van der Waals surface area (Å²) in [5, 5.41) is 9.04. The fourth-order valence-corrected chi connectivity index (χ4v) is 0.938. The van der Waals surface area contributed by atoms with Crippen LogP contribution in [0.15, 0.2) is 11.3 Å². The van der Waals surface area contributed by atoms with Crippen molar-refractivity contribution in [1.29, 1.82) is 0 Å². The number of cyclic esters (lactones) is 1. The van der Waals surface area contributed by atoms with Crippen LogP contribution >= 0.6 is 0 Å². The van der Waals surface area contributed by atoms with E-state index in [0.717, 1.165) is 0 Å². The highest BCUT2D eigenvalue weighted by Gasteiger charge is 2.29. The number of carbonyl (C=O) groups excluding carboxylic acids is 1. The van der Waals surface area contributed by atoms with Gasteiger partial charge in [-0.05, 0) is 6.92 Å². The number of allylic oxidation sites excluding steroid dienone is 1. The van der Waals surface area contributed by atoms with Gasteiger partial charge in [0.25, 0.3) is 0 Å². The van der Waals surface area contributed by atoms with E-state index < -0.39 is 12.1 Å². The summed E-state index contributed by atoms with van der Waals surface area (Å²) in [6.45, 7) is 3.58. The monoisotopic (exact) mass is 142 g/mol. The molecule has 10 heavy (non-hydrogen) atoms. The summed E-state index contributed by atoms with van der Waals surface area (Å²) in [7, 11) is 0. The lowest BCUT2D eigenvalue weighted by atomic mass is 10.1. The van der Waals surface area contributed by atoms with Crippen LogP contribution in [0.1, 0.15) is 20.3 Å². The number of hydrogen-bond donors (Lipinski definition) is 1. The van der Waals surface area contributed by atoms with E-state index in [-0.39, 0.29) is 0 Å². The Hall–Kier alpha value is -0.830. The van der Waals surface area contributed by atoms with Gasteiger partial charge in [0.05, 0.1) is 0 Å². The van der Waals surface area contributed by atoms with Crippen LogP contribution in [0, 0.1) is 0 Å². The Morgan fingerprint density at radius 1 is 1.70 bits per heavy atom. The first-order chi connectivity index (χ1) is 4.66. The zero-order chi connectivity index (χ0) is 7.72. The molecule has 0 aliphatic carbocycles. The molecule has 0 unspecified atom stereocenters. The zero-order valence-electron chi connectivity index (χ0n) is 6.05. The maximum absolute atomic E-state index is 10.6. The van der Waals surface area contributed by atoms with Crippen molar-refractivity contribution in [1.82, 2.24) is 0 Å². The molecule has 1 heterocycles. The third-order valence-electron chi connectivity index (χ3n) is 1.62. The number of hydrogen-bond acceptors (Lipinski definition) is 3. The molecule has 0 fully saturated rings. The average molecular weight is 142 g/mol. The largest absolute Gasteiger partial charge is 0.429 e. The molecule has 0 radical (unpaired) electrons. The number of carbonyl (C=O) groups is 1. The lowest BCUT2D eigenvalue weighted by Crippen LogP contribution is -2.15. The standard InChI is InChI=1S/C7H10O3/c1-3-5-4(2)6(8)7(9)10-5/h6,8H,3H2,1-2H3/t6-/m1/s1. The first kappa shape index (κ1) is 7.28. The minimum Gasteiger partial charge on any atom is -0.429 e. The first-order valence-electron chi connectivity index (χ1n) is 3.26. The van der Waals surface area contributed by atoms with Crippen molar-refractivity contribution in [3.63, 3.8) is 0 Å². The molecule has 0 bridgehead atoms. The Balaban J connectivity index is 2.83. The van der Waals surface area contributed by atoms with Crippen molar-refractivity contribution in [3.05, 3.63) is 11.3 Å². The molecule has 1 N–H and O–H groups in total. The Morgan fingerprint density at radius 2 is 2.30 bits per heavy atom. The maximum atomic E-state index is 10.6. The molecular formula is C7H10O3. The third-order valence-corrected chi connectivity index (χ3v) is 1.62. The van der Waals surface area contributed by atoms with Crippen molar-refractivity contribution in [2.24, 2.45) is 0 Å². The second-order valence-corrected chi connectivity index (χ2v) is 2.28. The summed E-state index contributed by atoms with van der Waals surface area (Å²) in [5.74, 6) is 0.0619. The quantitative estimate of drug-likeness (QED) is 0.545. The van der Waals surface area contributed by atoms with E-state index in [1.165, 1.54) is 0 Å². The van der Waals surface area contributed by atoms with Crippen LogP contribution in [0.4, 0.5) is 0 Å². The molecule has 0 aromatic carbocycles. The molecule has 1 aliphatic rings. The fraction of sp³-hybridized carbons (Fsp3) is 0.571. The highest BCUT2D eigenvalue weighted by atomic mass is 16.6. The van der Waals surface area contributed by atoms with Crippen molar-refractivity contribution < 1.29 is 14.6 Å². The van der Waals surface area contributed by atoms with Crippen LogP contribution in [0.25, 0.3) is 0 Å². The molecular weight excluding hydrogens is 132 g/mol. The second kappa shape index (κ2) is 2.42. The van der Waals surface area contributed by atoms with Gasteiger partial charge in [0.2, 0.25) is 0 Å². The lowest BCUT2D eigenvalue weighted by Gasteiger charge is -1.94. The molecule has 0 saturated heterocycles. The van der Waals surface area contributed by atoms with E-state index in [4.69, 9.17) is 9.84 Å². The molecule has 1 aliphatic heterocycles. The second-order valence-electron chi connectivity index (χ2n) is 2.28. The summed E-state index contributed by atoms with van der Waals surface area (Å²) in [4.78, 5) is 10.6.